The summed E-state index contributed by atoms with van der Waals surface area (Å²) < 4.78 is 0. The van der Waals surface area contributed by atoms with Crippen molar-refractivity contribution in [3.05, 3.63) is 35.4 Å². The van der Waals surface area contributed by atoms with Crippen LogP contribution in [0.1, 0.15) is 31.9 Å². The molecule has 0 aliphatic carbocycles. The molecule has 16 heavy (non-hydrogen) atoms. The molecule has 0 aromatic heterocycles. The zero-order chi connectivity index (χ0) is 12.2. The quantitative estimate of drug-likeness (QED) is 0.812. The summed E-state index contributed by atoms with van der Waals surface area (Å²) in [5.74, 6) is -0.125. The number of rotatable bonds is 3. The van der Waals surface area contributed by atoms with Crippen molar-refractivity contribution in [2.24, 2.45) is 5.73 Å². The third kappa shape index (κ3) is 3.66. The van der Waals surface area contributed by atoms with Crippen molar-refractivity contribution in [2.75, 3.05) is 6.54 Å². The predicted molar refractivity (Wildman–Crippen MR) is 66.0 cm³/mol. The van der Waals surface area contributed by atoms with Crippen molar-refractivity contribution in [2.45, 2.75) is 32.7 Å². The van der Waals surface area contributed by atoms with Crippen molar-refractivity contribution in [1.82, 2.24) is 5.32 Å². The van der Waals surface area contributed by atoms with Crippen LogP contribution < -0.4 is 11.1 Å². The fourth-order valence-electron chi connectivity index (χ4n) is 1.40. The Labute approximate surface area is 97.0 Å². The number of hydrogen-bond donors (Lipinski definition) is 2. The van der Waals surface area contributed by atoms with Crippen LogP contribution in [0.15, 0.2) is 24.3 Å². The van der Waals surface area contributed by atoms with Crippen LogP contribution in [-0.4, -0.2) is 12.5 Å². The maximum absolute atomic E-state index is 11.0. The normalized spacial score (nSPS) is 11.2. The SMILES string of the molecule is CC(C)(C)c1ccc(CNC(=O)CN)cc1. The molecule has 0 spiro atoms. The average Bonchev–Trinajstić information content (AvgIpc) is 2.25. The molecule has 3 N–H and O–H groups in total. The van der Waals surface area contributed by atoms with E-state index in [9.17, 15) is 4.79 Å². The summed E-state index contributed by atoms with van der Waals surface area (Å²) in [6.07, 6.45) is 0. The number of hydrogen-bond acceptors (Lipinski definition) is 2. The first kappa shape index (κ1) is 12.7. The van der Waals surface area contributed by atoms with Gasteiger partial charge in [-0.1, -0.05) is 45.0 Å². The second-order valence-electron chi connectivity index (χ2n) is 4.93. The lowest BCUT2D eigenvalue weighted by Gasteiger charge is -2.19. The molecular weight excluding hydrogens is 200 g/mol. The molecule has 1 rings (SSSR count). The van der Waals surface area contributed by atoms with Crippen molar-refractivity contribution in [3.8, 4) is 0 Å². The Kier molecular flexibility index (Phi) is 4.07. The minimum Gasteiger partial charge on any atom is -0.351 e. The summed E-state index contributed by atoms with van der Waals surface area (Å²) >= 11 is 0. The number of carbonyl (C=O) groups excluding carboxylic acids is 1. The molecule has 1 amide bonds. The van der Waals surface area contributed by atoms with Gasteiger partial charge in [0.15, 0.2) is 0 Å². The Morgan fingerprint density at radius 2 is 1.81 bits per heavy atom. The molecule has 0 heterocycles. The zero-order valence-electron chi connectivity index (χ0n) is 10.2. The molecule has 1 aromatic carbocycles. The van der Waals surface area contributed by atoms with Crippen LogP contribution in [0.25, 0.3) is 0 Å². The van der Waals surface area contributed by atoms with Crippen LogP contribution in [0.2, 0.25) is 0 Å². The van der Waals surface area contributed by atoms with Gasteiger partial charge in [0.25, 0.3) is 0 Å². The first-order chi connectivity index (χ1) is 7.43. The van der Waals surface area contributed by atoms with Gasteiger partial charge in [0.2, 0.25) is 5.91 Å². The van der Waals surface area contributed by atoms with Crippen LogP contribution in [0.3, 0.4) is 0 Å². The Balaban J connectivity index is 2.62. The van der Waals surface area contributed by atoms with Gasteiger partial charge in [-0.15, -0.1) is 0 Å². The molecule has 1 aromatic rings. The summed E-state index contributed by atoms with van der Waals surface area (Å²) in [6, 6.07) is 8.28. The zero-order valence-corrected chi connectivity index (χ0v) is 10.2. The number of amides is 1. The van der Waals surface area contributed by atoms with Crippen LogP contribution >= 0.6 is 0 Å². The van der Waals surface area contributed by atoms with Gasteiger partial charge in [0.1, 0.15) is 0 Å². The fourth-order valence-corrected chi connectivity index (χ4v) is 1.40. The fraction of sp³-hybridized carbons (Fsp3) is 0.462. The summed E-state index contributed by atoms with van der Waals surface area (Å²) in [6.45, 7) is 7.12. The van der Waals surface area contributed by atoms with E-state index in [0.29, 0.717) is 6.54 Å². The minimum atomic E-state index is -0.125. The molecule has 0 bridgehead atoms. The molecule has 88 valence electrons. The van der Waals surface area contributed by atoms with Crippen LogP contribution in [0.4, 0.5) is 0 Å². The van der Waals surface area contributed by atoms with E-state index in [1.54, 1.807) is 0 Å². The molecule has 0 aliphatic heterocycles. The Hall–Kier alpha value is -1.35. The summed E-state index contributed by atoms with van der Waals surface area (Å²) in [5, 5.41) is 2.74. The van der Waals surface area contributed by atoms with Gasteiger partial charge < -0.3 is 11.1 Å². The average molecular weight is 220 g/mol. The van der Waals surface area contributed by atoms with Crippen LogP contribution in [0.5, 0.6) is 0 Å². The van der Waals surface area contributed by atoms with Gasteiger partial charge in [0, 0.05) is 6.54 Å². The molecule has 3 heteroatoms. The lowest BCUT2D eigenvalue weighted by Crippen LogP contribution is -2.29. The molecule has 0 aliphatic rings. The van der Waals surface area contributed by atoms with Crippen LogP contribution in [0, 0.1) is 0 Å². The first-order valence-corrected chi connectivity index (χ1v) is 5.49. The van der Waals surface area contributed by atoms with E-state index in [-0.39, 0.29) is 17.9 Å². The summed E-state index contributed by atoms with van der Waals surface area (Å²) in [4.78, 5) is 11.0. The van der Waals surface area contributed by atoms with E-state index >= 15 is 0 Å². The first-order valence-electron chi connectivity index (χ1n) is 5.49. The molecule has 3 nitrogen and oxygen atoms in total. The lowest BCUT2D eigenvalue weighted by molar-refractivity contribution is -0.119. The van der Waals surface area contributed by atoms with E-state index in [1.165, 1.54) is 5.56 Å². The Morgan fingerprint density at radius 1 is 1.25 bits per heavy atom. The van der Waals surface area contributed by atoms with E-state index in [2.05, 4.69) is 38.2 Å². The molecule has 0 radical (unpaired) electrons. The van der Waals surface area contributed by atoms with E-state index < -0.39 is 0 Å². The van der Waals surface area contributed by atoms with E-state index in [0.717, 1.165) is 5.56 Å². The smallest absolute Gasteiger partial charge is 0.234 e. The minimum absolute atomic E-state index is 0.0417. The predicted octanol–water partition coefficient (Wildman–Crippen LogP) is 1.56. The number of carbonyl (C=O) groups is 1. The highest BCUT2D eigenvalue weighted by Gasteiger charge is 2.12. The van der Waals surface area contributed by atoms with E-state index in [1.807, 2.05) is 12.1 Å². The lowest BCUT2D eigenvalue weighted by atomic mass is 9.87. The molecule has 0 saturated carbocycles. The van der Waals surface area contributed by atoms with Gasteiger partial charge in [-0.3, -0.25) is 4.79 Å². The molecule has 0 atom stereocenters. The van der Waals surface area contributed by atoms with E-state index in [4.69, 9.17) is 5.73 Å². The van der Waals surface area contributed by atoms with Crippen molar-refractivity contribution in [1.29, 1.82) is 0 Å². The topological polar surface area (TPSA) is 55.1 Å². The van der Waals surface area contributed by atoms with Gasteiger partial charge in [-0.2, -0.15) is 0 Å². The second-order valence-corrected chi connectivity index (χ2v) is 4.93. The van der Waals surface area contributed by atoms with Crippen LogP contribution in [-0.2, 0) is 16.8 Å². The molecular formula is C13H20N2O. The largest absolute Gasteiger partial charge is 0.351 e. The highest BCUT2D eigenvalue weighted by molar-refractivity contribution is 5.77. The number of nitrogens with one attached hydrogen (secondary N) is 1. The summed E-state index contributed by atoms with van der Waals surface area (Å²) in [7, 11) is 0. The van der Waals surface area contributed by atoms with Crippen molar-refractivity contribution < 1.29 is 4.79 Å². The van der Waals surface area contributed by atoms with Crippen molar-refractivity contribution >= 4 is 5.91 Å². The second kappa shape index (κ2) is 5.12. The monoisotopic (exact) mass is 220 g/mol. The van der Waals surface area contributed by atoms with Gasteiger partial charge in [-0.05, 0) is 16.5 Å². The highest BCUT2D eigenvalue weighted by atomic mass is 16.1. The highest BCUT2D eigenvalue weighted by Crippen LogP contribution is 2.21. The molecule has 0 unspecified atom stereocenters. The Bertz CT molecular complexity index is 349. The standard InChI is InChI=1S/C13H20N2O/c1-13(2,3)11-6-4-10(5-7-11)9-15-12(16)8-14/h4-7H,8-9,14H2,1-3H3,(H,15,16). The Morgan fingerprint density at radius 3 is 2.25 bits per heavy atom. The molecule has 0 fully saturated rings. The maximum atomic E-state index is 11.0. The van der Waals surface area contributed by atoms with Gasteiger partial charge in [0.05, 0.1) is 6.54 Å². The third-order valence-electron chi connectivity index (χ3n) is 2.50. The maximum Gasteiger partial charge on any atom is 0.234 e. The summed E-state index contributed by atoms with van der Waals surface area (Å²) in [5.41, 5.74) is 7.76. The third-order valence-corrected chi connectivity index (χ3v) is 2.50. The molecule has 0 saturated heterocycles. The number of benzene rings is 1. The number of nitrogens with two attached hydrogens (primary N) is 1. The van der Waals surface area contributed by atoms with Gasteiger partial charge >= 0.3 is 0 Å². The van der Waals surface area contributed by atoms with Gasteiger partial charge in [-0.25, -0.2) is 0 Å². The van der Waals surface area contributed by atoms with Crippen molar-refractivity contribution in [3.63, 3.8) is 0 Å².